The lowest BCUT2D eigenvalue weighted by Gasteiger charge is -2.08. The van der Waals surface area contributed by atoms with Crippen LogP contribution in [0.15, 0.2) is 42.7 Å². The molecule has 1 heterocycles. The Bertz CT molecular complexity index is 543. The van der Waals surface area contributed by atoms with Crippen molar-refractivity contribution in [2.24, 2.45) is 0 Å². The van der Waals surface area contributed by atoms with Gasteiger partial charge in [0.2, 0.25) is 0 Å². The number of hydrogen-bond acceptors (Lipinski definition) is 3. The van der Waals surface area contributed by atoms with Crippen LogP contribution in [0.1, 0.15) is 10.4 Å². The Hall–Kier alpha value is -2.43. The maximum Gasteiger partial charge on any atom is 0.339 e. The lowest BCUT2D eigenvalue weighted by Crippen LogP contribution is -2.00. The minimum Gasteiger partial charge on any atom is -0.478 e. The van der Waals surface area contributed by atoms with Crippen LogP contribution in [0.4, 0.5) is 4.39 Å². The van der Waals surface area contributed by atoms with Crippen molar-refractivity contribution < 1.29 is 19.0 Å². The highest BCUT2D eigenvalue weighted by Gasteiger charge is 2.13. The summed E-state index contributed by atoms with van der Waals surface area (Å²) in [6.45, 7) is 0. The molecule has 0 unspecified atom stereocenters. The Labute approximate surface area is 96.3 Å². The van der Waals surface area contributed by atoms with Crippen molar-refractivity contribution in [3.05, 3.63) is 54.1 Å². The van der Waals surface area contributed by atoms with Crippen LogP contribution in [0, 0.1) is 5.82 Å². The molecule has 0 atom stereocenters. The molecule has 0 aliphatic rings. The van der Waals surface area contributed by atoms with Crippen LogP contribution in [0.3, 0.4) is 0 Å². The lowest BCUT2D eigenvalue weighted by atomic mass is 10.2. The van der Waals surface area contributed by atoms with E-state index in [4.69, 9.17) is 9.84 Å². The molecule has 0 aliphatic carbocycles. The summed E-state index contributed by atoms with van der Waals surface area (Å²) in [5.41, 5.74) is -0.221. The number of carbonyl (C=O) groups is 1. The molecule has 2 aromatic rings. The number of pyridine rings is 1. The maximum atomic E-state index is 12.9. The molecule has 0 aliphatic heterocycles. The van der Waals surface area contributed by atoms with Crippen LogP contribution < -0.4 is 4.74 Å². The van der Waals surface area contributed by atoms with Crippen molar-refractivity contribution in [3.63, 3.8) is 0 Å². The van der Waals surface area contributed by atoms with Crippen molar-refractivity contribution in [2.75, 3.05) is 0 Å². The standard InChI is InChI=1S/C12H8FNO3/c13-8-1-2-11(10(7-8)12(15)16)17-9-3-5-14-6-4-9/h1-7H,(H,15,16). The number of carboxylic acid groups (broad SMARTS) is 1. The molecule has 86 valence electrons. The average molecular weight is 233 g/mol. The van der Waals surface area contributed by atoms with E-state index in [1.54, 1.807) is 12.1 Å². The summed E-state index contributed by atoms with van der Waals surface area (Å²) in [4.78, 5) is 14.7. The highest BCUT2D eigenvalue weighted by atomic mass is 19.1. The minimum absolute atomic E-state index is 0.0881. The first-order chi connectivity index (χ1) is 8.16. The van der Waals surface area contributed by atoms with E-state index < -0.39 is 11.8 Å². The molecule has 0 saturated carbocycles. The van der Waals surface area contributed by atoms with E-state index in [9.17, 15) is 9.18 Å². The summed E-state index contributed by atoms with van der Waals surface area (Å²) in [5.74, 6) is -1.34. The van der Waals surface area contributed by atoms with E-state index in [0.29, 0.717) is 5.75 Å². The number of rotatable bonds is 3. The molecule has 1 aromatic carbocycles. The first kappa shape index (κ1) is 11.1. The molecule has 17 heavy (non-hydrogen) atoms. The second kappa shape index (κ2) is 4.61. The van der Waals surface area contributed by atoms with E-state index in [0.717, 1.165) is 12.1 Å². The van der Waals surface area contributed by atoms with Gasteiger partial charge in [0.1, 0.15) is 22.9 Å². The summed E-state index contributed by atoms with van der Waals surface area (Å²) in [6, 6.07) is 6.49. The molecule has 0 spiro atoms. The van der Waals surface area contributed by atoms with E-state index in [-0.39, 0.29) is 11.3 Å². The summed E-state index contributed by atoms with van der Waals surface area (Å²) in [5, 5.41) is 8.91. The molecule has 4 nitrogen and oxygen atoms in total. The molecule has 2 rings (SSSR count). The number of ether oxygens (including phenoxy) is 1. The molecule has 0 radical (unpaired) electrons. The molecule has 1 aromatic heterocycles. The van der Waals surface area contributed by atoms with Crippen LogP contribution in [-0.4, -0.2) is 16.1 Å². The van der Waals surface area contributed by atoms with Gasteiger partial charge in [0, 0.05) is 12.4 Å². The van der Waals surface area contributed by atoms with Gasteiger partial charge >= 0.3 is 5.97 Å². The highest BCUT2D eigenvalue weighted by Crippen LogP contribution is 2.25. The second-order valence-corrected chi connectivity index (χ2v) is 3.23. The summed E-state index contributed by atoms with van der Waals surface area (Å²) < 4.78 is 18.3. The van der Waals surface area contributed by atoms with Crippen molar-refractivity contribution in [1.82, 2.24) is 4.98 Å². The first-order valence-corrected chi connectivity index (χ1v) is 4.77. The molecular formula is C12H8FNO3. The Kier molecular flexibility index (Phi) is 3.00. The van der Waals surface area contributed by atoms with Gasteiger partial charge < -0.3 is 9.84 Å². The normalized spacial score (nSPS) is 9.94. The van der Waals surface area contributed by atoms with Crippen LogP contribution in [0.2, 0.25) is 0 Å². The third-order valence-corrected chi connectivity index (χ3v) is 2.05. The minimum atomic E-state index is -1.24. The molecule has 0 saturated heterocycles. The molecule has 0 amide bonds. The lowest BCUT2D eigenvalue weighted by molar-refractivity contribution is 0.0693. The van der Waals surface area contributed by atoms with Gasteiger partial charge in [-0.3, -0.25) is 4.98 Å². The summed E-state index contributed by atoms with van der Waals surface area (Å²) in [7, 11) is 0. The number of benzene rings is 1. The largest absolute Gasteiger partial charge is 0.478 e. The zero-order chi connectivity index (χ0) is 12.3. The monoisotopic (exact) mass is 233 g/mol. The molecule has 5 heteroatoms. The molecule has 1 N–H and O–H groups in total. The molecule has 0 fully saturated rings. The Morgan fingerprint density at radius 3 is 2.59 bits per heavy atom. The predicted molar refractivity (Wildman–Crippen MR) is 57.7 cm³/mol. The maximum absolute atomic E-state index is 12.9. The fourth-order valence-electron chi connectivity index (χ4n) is 1.29. The van der Waals surface area contributed by atoms with Crippen LogP contribution in [-0.2, 0) is 0 Å². The number of nitrogens with zero attached hydrogens (tertiary/aromatic N) is 1. The Morgan fingerprint density at radius 2 is 1.94 bits per heavy atom. The zero-order valence-corrected chi connectivity index (χ0v) is 8.63. The Morgan fingerprint density at radius 1 is 1.24 bits per heavy atom. The van der Waals surface area contributed by atoms with Crippen molar-refractivity contribution >= 4 is 5.97 Å². The molecule has 0 bridgehead atoms. The fraction of sp³-hybridized carbons (Fsp3) is 0. The first-order valence-electron chi connectivity index (χ1n) is 4.77. The van der Waals surface area contributed by atoms with E-state index >= 15 is 0 Å². The van der Waals surface area contributed by atoms with Gasteiger partial charge in [0.15, 0.2) is 0 Å². The van der Waals surface area contributed by atoms with Crippen LogP contribution in [0.25, 0.3) is 0 Å². The Balaban J connectivity index is 2.36. The number of carboxylic acids is 1. The van der Waals surface area contributed by atoms with E-state index in [1.807, 2.05) is 0 Å². The predicted octanol–water partition coefficient (Wildman–Crippen LogP) is 2.71. The van der Waals surface area contributed by atoms with Crippen molar-refractivity contribution in [1.29, 1.82) is 0 Å². The molecular weight excluding hydrogens is 225 g/mol. The van der Waals surface area contributed by atoms with Gasteiger partial charge in [-0.1, -0.05) is 0 Å². The van der Waals surface area contributed by atoms with Crippen LogP contribution in [0.5, 0.6) is 11.5 Å². The van der Waals surface area contributed by atoms with Crippen molar-refractivity contribution in [2.45, 2.75) is 0 Å². The van der Waals surface area contributed by atoms with Gasteiger partial charge in [0.05, 0.1) is 0 Å². The van der Waals surface area contributed by atoms with E-state index in [2.05, 4.69) is 4.98 Å². The second-order valence-electron chi connectivity index (χ2n) is 3.23. The third kappa shape index (κ3) is 2.57. The summed E-state index contributed by atoms with van der Waals surface area (Å²) in [6.07, 6.45) is 3.03. The smallest absolute Gasteiger partial charge is 0.339 e. The van der Waals surface area contributed by atoms with Gasteiger partial charge in [0.25, 0.3) is 0 Å². The number of hydrogen-bond donors (Lipinski definition) is 1. The number of aromatic carboxylic acids is 1. The van der Waals surface area contributed by atoms with Gasteiger partial charge in [-0.05, 0) is 30.3 Å². The summed E-state index contributed by atoms with van der Waals surface area (Å²) >= 11 is 0. The third-order valence-electron chi connectivity index (χ3n) is 2.05. The zero-order valence-electron chi connectivity index (χ0n) is 8.63. The fourth-order valence-corrected chi connectivity index (χ4v) is 1.29. The van der Waals surface area contributed by atoms with Gasteiger partial charge in [-0.25, -0.2) is 9.18 Å². The van der Waals surface area contributed by atoms with Crippen LogP contribution >= 0.6 is 0 Å². The number of halogens is 1. The average Bonchev–Trinajstić information content (AvgIpc) is 2.32. The van der Waals surface area contributed by atoms with E-state index in [1.165, 1.54) is 18.5 Å². The topological polar surface area (TPSA) is 59.4 Å². The SMILES string of the molecule is O=C(O)c1cc(F)ccc1Oc1ccncc1. The highest BCUT2D eigenvalue weighted by molar-refractivity contribution is 5.91. The van der Waals surface area contributed by atoms with Gasteiger partial charge in [-0.2, -0.15) is 0 Å². The quantitative estimate of drug-likeness (QED) is 0.885. The van der Waals surface area contributed by atoms with Crippen molar-refractivity contribution in [3.8, 4) is 11.5 Å². The van der Waals surface area contributed by atoms with Gasteiger partial charge in [-0.15, -0.1) is 0 Å². The number of aromatic nitrogens is 1.